The van der Waals surface area contributed by atoms with Gasteiger partial charge in [0.2, 0.25) is 0 Å². The third-order valence-corrected chi connectivity index (χ3v) is 7.60. The predicted octanol–water partition coefficient (Wildman–Crippen LogP) is 7.07. The molecule has 0 bridgehead atoms. The summed E-state index contributed by atoms with van der Waals surface area (Å²) in [5, 5.41) is 19.8. The molecule has 0 atom stereocenters. The first kappa shape index (κ1) is 28.9. The molecule has 4 aromatic rings. The summed E-state index contributed by atoms with van der Waals surface area (Å²) >= 11 is 0. The number of carboxylic acids is 2. The van der Waals surface area contributed by atoms with Gasteiger partial charge in [0.25, 0.3) is 0 Å². The van der Waals surface area contributed by atoms with Crippen LogP contribution in [0.3, 0.4) is 0 Å². The van der Waals surface area contributed by atoms with Crippen LogP contribution in [-0.4, -0.2) is 39.9 Å². The lowest BCUT2D eigenvalue weighted by atomic mass is 9.92. The van der Waals surface area contributed by atoms with Gasteiger partial charge in [-0.15, -0.1) is 0 Å². The highest BCUT2D eigenvalue weighted by molar-refractivity contribution is 5.94. The van der Waals surface area contributed by atoms with Gasteiger partial charge < -0.3 is 24.3 Å². The minimum Gasteiger partial charge on any atom is -0.494 e. The molecule has 2 N–H and O–H groups in total. The molecule has 1 aromatic heterocycles. The number of fused-ring (bicyclic) bond motifs is 1. The Labute approximate surface area is 243 Å². The number of hydrogen-bond acceptors (Lipinski definition) is 4. The fourth-order valence-electron chi connectivity index (χ4n) is 5.33. The van der Waals surface area contributed by atoms with Crippen LogP contribution in [0, 0.1) is 11.2 Å². The molecule has 0 amide bonds. The van der Waals surface area contributed by atoms with Crippen LogP contribution in [0.2, 0.25) is 0 Å². The predicted molar refractivity (Wildman–Crippen MR) is 159 cm³/mol. The van der Waals surface area contributed by atoms with Gasteiger partial charge in [0, 0.05) is 11.6 Å². The summed E-state index contributed by atoms with van der Waals surface area (Å²) in [6, 6.07) is 20.0. The highest BCUT2D eigenvalue weighted by atomic mass is 19.1. The number of aromatic nitrogens is 1. The number of rotatable bonds is 15. The van der Waals surface area contributed by atoms with Crippen molar-refractivity contribution >= 4 is 35.0 Å². The van der Waals surface area contributed by atoms with Gasteiger partial charge in [-0.05, 0) is 78.5 Å². The van der Waals surface area contributed by atoms with Crippen molar-refractivity contribution in [2.24, 2.45) is 5.41 Å². The average Bonchev–Trinajstić information content (AvgIpc) is 3.62. The molecule has 1 aliphatic carbocycles. The van der Waals surface area contributed by atoms with E-state index in [1.54, 1.807) is 22.8 Å². The van der Waals surface area contributed by atoms with Crippen LogP contribution in [0.4, 0.5) is 4.39 Å². The molecule has 0 saturated heterocycles. The molecule has 218 valence electrons. The monoisotopic (exact) mass is 571 g/mol. The normalized spacial score (nSPS) is 13.8. The fraction of sp³-hybridized carbons (Fsp3) is 0.294. The zero-order chi connectivity index (χ0) is 29.5. The lowest BCUT2D eigenvalue weighted by molar-refractivity contribution is -0.139. The van der Waals surface area contributed by atoms with Crippen molar-refractivity contribution in [2.75, 3.05) is 13.2 Å². The van der Waals surface area contributed by atoms with Gasteiger partial charge in [-0.1, -0.05) is 54.6 Å². The van der Waals surface area contributed by atoms with Gasteiger partial charge in [0.1, 0.15) is 12.3 Å². The highest BCUT2D eigenvalue weighted by Crippen LogP contribution is 2.52. The molecule has 1 heterocycles. The molecule has 8 heteroatoms. The van der Waals surface area contributed by atoms with Crippen molar-refractivity contribution in [1.82, 2.24) is 4.57 Å². The fourth-order valence-corrected chi connectivity index (χ4v) is 5.33. The number of hydrogen-bond donors (Lipinski definition) is 2. The lowest BCUT2D eigenvalue weighted by Crippen LogP contribution is -2.11. The Morgan fingerprint density at radius 1 is 0.881 bits per heavy atom. The zero-order valence-electron chi connectivity index (χ0n) is 23.3. The third-order valence-electron chi connectivity index (χ3n) is 7.60. The average molecular weight is 572 g/mol. The maximum absolute atomic E-state index is 13.6. The van der Waals surface area contributed by atoms with E-state index in [2.05, 4.69) is 0 Å². The van der Waals surface area contributed by atoms with E-state index in [1.807, 2.05) is 60.8 Å². The summed E-state index contributed by atoms with van der Waals surface area (Å²) in [6.45, 7) is 0.768. The summed E-state index contributed by atoms with van der Waals surface area (Å²) in [7, 11) is 0. The molecule has 42 heavy (non-hydrogen) atoms. The summed E-state index contributed by atoms with van der Waals surface area (Å²) < 4.78 is 26.7. The Balaban J connectivity index is 1.21. The van der Waals surface area contributed by atoms with Gasteiger partial charge >= 0.3 is 11.9 Å². The molecule has 0 aliphatic heterocycles. The van der Waals surface area contributed by atoms with Crippen molar-refractivity contribution in [3.63, 3.8) is 0 Å². The zero-order valence-corrected chi connectivity index (χ0v) is 23.3. The highest BCUT2D eigenvalue weighted by Gasteiger charge is 2.44. The second-order valence-corrected chi connectivity index (χ2v) is 10.9. The number of carbonyl (C=O) groups is 2. The molecule has 7 nitrogen and oxygen atoms in total. The molecular weight excluding hydrogens is 537 g/mol. The first-order valence-corrected chi connectivity index (χ1v) is 14.1. The van der Waals surface area contributed by atoms with Gasteiger partial charge in [-0.2, -0.15) is 0 Å². The van der Waals surface area contributed by atoms with Crippen LogP contribution in [0.1, 0.15) is 48.8 Å². The molecule has 3 aromatic carbocycles. The van der Waals surface area contributed by atoms with Crippen molar-refractivity contribution in [3.05, 3.63) is 95.4 Å². The maximum atomic E-state index is 13.6. The number of para-hydroxylation sites is 2. The Hall–Kier alpha value is -4.59. The largest absolute Gasteiger partial charge is 0.494 e. The standard InChI is InChI=1S/C34H34FNO6/c35-29-8-1-2-9-30(29)42-19-4-3-18-41-27-14-11-24(12-15-27)10-13-25-6-5-7-28-26(20-34(16-17-34)21-31(37)38)22-36(33(25)28)23-32(39)40/h1-2,5-15,22H,3-4,16-21,23H2,(H,37,38)(H,39,40)/b13-10+. The van der Waals surface area contributed by atoms with Crippen LogP contribution in [-0.2, 0) is 22.6 Å². The first-order chi connectivity index (χ1) is 20.3. The van der Waals surface area contributed by atoms with Crippen molar-refractivity contribution in [1.29, 1.82) is 0 Å². The van der Waals surface area contributed by atoms with E-state index in [1.165, 1.54) is 6.07 Å². The minimum atomic E-state index is -0.933. The van der Waals surface area contributed by atoms with Crippen molar-refractivity contribution in [2.45, 2.75) is 45.1 Å². The Bertz CT molecular complexity index is 1590. The van der Waals surface area contributed by atoms with Gasteiger partial charge in [0.05, 0.1) is 25.2 Å². The number of nitrogens with zero attached hydrogens (tertiary/aromatic N) is 1. The number of unbranched alkanes of at least 4 members (excludes halogenated alkanes) is 1. The number of halogens is 1. The lowest BCUT2D eigenvalue weighted by Gasteiger charge is -2.11. The molecule has 0 radical (unpaired) electrons. The third kappa shape index (κ3) is 7.37. The van der Waals surface area contributed by atoms with E-state index in [-0.39, 0.29) is 29.9 Å². The molecular formula is C34H34FNO6. The minimum absolute atomic E-state index is 0.127. The van der Waals surface area contributed by atoms with Gasteiger partial charge in [-0.3, -0.25) is 9.59 Å². The second kappa shape index (κ2) is 12.9. The van der Waals surface area contributed by atoms with Crippen LogP contribution >= 0.6 is 0 Å². The van der Waals surface area contributed by atoms with Crippen LogP contribution in [0.5, 0.6) is 11.5 Å². The Morgan fingerprint density at radius 3 is 2.31 bits per heavy atom. The van der Waals surface area contributed by atoms with E-state index in [0.29, 0.717) is 19.6 Å². The molecule has 5 rings (SSSR count). The SMILES string of the molecule is O=C(O)Cn1cc(CC2(CC(=O)O)CC2)c2cccc(/C=C/c3ccc(OCCCCOc4ccccc4F)cc3)c21. The summed E-state index contributed by atoms with van der Waals surface area (Å²) in [5.41, 5.74) is 3.43. The van der Waals surface area contributed by atoms with E-state index in [4.69, 9.17) is 9.47 Å². The second-order valence-electron chi connectivity index (χ2n) is 10.9. The quantitative estimate of drug-likeness (QED) is 0.117. The number of ether oxygens (including phenoxy) is 2. The number of benzene rings is 3. The molecule has 0 spiro atoms. The van der Waals surface area contributed by atoms with Crippen LogP contribution < -0.4 is 9.47 Å². The summed E-state index contributed by atoms with van der Waals surface area (Å²) in [4.78, 5) is 23.0. The molecule has 1 saturated carbocycles. The van der Waals surface area contributed by atoms with E-state index >= 15 is 0 Å². The number of aliphatic carboxylic acids is 2. The van der Waals surface area contributed by atoms with E-state index in [9.17, 15) is 24.2 Å². The molecule has 1 fully saturated rings. The number of carboxylic acid groups (broad SMARTS) is 2. The topological polar surface area (TPSA) is 98.0 Å². The van der Waals surface area contributed by atoms with Crippen molar-refractivity contribution < 1.29 is 33.7 Å². The van der Waals surface area contributed by atoms with Gasteiger partial charge in [-0.25, -0.2) is 4.39 Å². The van der Waals surface area contributed by atoms with Crippen LogP contribution in [0.25, 0.3) is 23.1 Å². The molecule has 0 unspecified atom stereocenters. The van der Waals surface area contributed by atoms with Crippen molar-refractivity contribution in [3.8, 4) is 11.5 Å². The van der Waals surface area contributed by atoms with E-state index < -0.39 is 11.9 Å². The summed E-state index contributed by atoms with van der Waals surface area (Å²) in [6.07, 6.45) is 9.82. The van der Waals surface area contributed by atoms with E-state index in [0.717, 1.165) is 59.0 Å². The first-order valence-electron chi connectivity index (χ1n) is 14.1. The summed E-state index contributed by atoms with van der Waals surface area (Å²) in [5.74, 6) is -1.08. The smallest absolute Gasteiger partial charge is 0.323 e. The van der Waals surface area contributed by atoms with Crippen LogP contribution in [0.15, 0.2) is 72.9 Å². The Kier molecular flexibility index (Phi) is 8.91. The Morgan fingerprint density at radius 2 is 1.62 bits per heavy atom. The van der Waals surface area contributed by atoms with Gasteiger partial charge in [0.15, 0.2) is 11.6 Å². The maximum Gasteiger partial charge on any atom is 0.323 e. The molecule has 1 aliphatic rings.